The molecule has 6 heteroatoms. The van der Waals surface area contributed by atoms with E-state index in [9.17, 15) is 18.3 Å². The van der Waals surface area contributed by atoms with Gasteiger partial charge in [0.25, 0.3) is 0 Å². The molecule has 0 aliphatic rings. The van der Waals surface area contributed by atoms with Crippen molar-refractivity contribution in [2.45, 2.75) is 10.1 Å². The van der Waals surface area contributed by atoms with Gasteiger partial charge >= 0.3 is 5.97 Å². The van der Waals surface area contributed by atoms with Crippen molar-refractivity contribution in [2.24, 2.45) is 0 Å². The fourth-order valence-corrected chi connectivity index (χ4v) is 3.71. The zero-order valence-corrected chi connectivity index (χ0v) is 13.0. The van der Waals surface area contributed by atoms with E-state index in [2.05, 4.69) is 0 Å². The van der Waals surface area contributed by atoms with Crippen LogP contribution in [-0.2, 0) is 14.6 Å². The van der Waals surface area contributed by atoms with Crippen molar-refractivity contribution < 1.29 is 23.4 Å². The number of rotatable bonds is 6. The maximum atomic E-state index is 12.7. The van der Waals surface area contributed by atoms with Crippen molar-refractivity contribution in [3.05, 3.63) is 71.8 Å². The van der Waals surface area contributed by atoms with Crippen molar-refractivity contribution in [1.82, 2.24) is 0 Å². The summed E-state index contributed by atoms with van der Waals surface area (Å²) in [7, 11) is -3.74. The standard InChI is InChI=1S/C17H16O5S/c18-12-16(14-4-2-1-3-5-14)23(21,22)15-9-6-13(7-10-15)8-11-17(19)20/h1-11,16,18H,12H2,(H,19,20)/b11-8+. The second-order valence-electron chi connectivity index (χ2n) is 4.87. The zero-order valence-electron chi connectivity index (χ0n) is 12.2. The molecule has 1 unspecified atom stereocenters. The van der Waals surface area contributed by atoms with Crippen LogP contribution in [0.5, 0.6) is 0 Å². The molecule has 0 aliphatic carbocycles. The molecule has 5 nitrogen and oxygen atoms in total. The highest BCUT2D eigenvalue weighted by molar-refractivity contribution is 7.91. The van der Waals surface area contributed by atoms with E-state index in [4.69, 9.17) is 5.11 Å². The molecule has 0 fully saturated rings. The fraction of sp³-hybridized carbons (Fsp3) is 0.118. The van der Waals surface area contributed by atoms with Crippen LogP contribution >= 0.6 is 0 Å². The molecular formula is C17H16O5S. The molecule has 2 rings (SSSR count). The summed E-state index contributed by atoms with van der Waals surface area (Å²) >= 11 is 0. The largest absolute Gasteiger partial charge is 0.478 e. The van der Waals surface area contributed by atoms with E-state index in [1.807, 2.05) is 0 Å². The van der Waals surface area contributed by atoms with Gasteiger partial charge in [-0.3, -0.25) is 0 Å². The molecule has 0 heterocycles. The van der Waals surface area contributed by atoms with Crippen LogP contribution in [0.15, 0.2) is 65.6 Å². The van der Waals surface area contributed by atoms with Gasteiger partial charge in [0.15, 0.2) is 9.84 Å². The number of carbonyl (C=O) groups is 1. The maximum absolute atomic E-state index is 12.7. The van der Waals surface area contributed by atoms with Crippen molar-refractivity contribution >= 4 is 21.9 Å². The first-order valence-corrected chi connectivity index (χ1v) is 8.40. The van der Waals surface area contributed by atoms with Gasteiger partial charge < -0.3 is 10.2 Å². The lowest BCUT2D eigenvalue weighted by molar-refractivity contribution is -0.131. The van der Waals surface area contributed by atoms with Crippen molar-refractivity contribution in [3.8, 4) is 0 Å². The summed E-state index contributed by atoms with van der Waals surface area (Å²) in [6.07, 6.45) is 2.35. The molecule has 0 saturated carbocycles. The molecule has 1 atom stereocenters. The normalized spacial score (nSPS) is 13.1. The van der Waals surface area contributed by atoms with Crippen LogP contribution in [0.2, 0.25) is 0 Å². The molecule has 0 amide bonds. The lowest BCUT2D eigenvalue weighted by Gasteiger charge is -2.16. The Kier molecular flexibility index (Phi) is 5.31. The predicted molar refractivity (Wildman–Crippen MR) is 86.6 cm³/mol. The lowest BCUT2D eigenvalue weighted by atomic mass is 10.2. The van der Waals surface area contributed by atoms with Crippen molar-refractivity contribution in [2.75, 3.05) is 6.61 Å². The van der Waals surface area contributed by atoms with E-state index in [1.165, 1.54) is 30.3 Å². The van der Waals surface area contributed by atoms with Gasteiger partial charge in [-0.15, -0.1) is 0 Å². The van der Waals surface area contributed by atoms with E-state index >= 15 is 0 Å². The average Bonchev–Trinajstić information content (AvgIpc) is 2.55. The summed E-state index contributed by atoms with van der Waals surface area (Å²) in [5.41, 5.74) is 1.09. The van der Waals surface area contributed by atoms with Gasteiger partial charge in [-0.1, -0.05) is 42.5 Å². The molecule has 0 bridgehead atoms. The molecule has 0 aromatic heterocycles. The SMILES string of the molecule is O=C(O)/C=C/c1ccc(S(=O)(=O)C(CO)c2ccccc2)cc1. The Hall–Kier alpha value is -2.44. The molecule has 0 saturated heterocycles. The first-order chi connectivity index (χ1) is 10.9. The van der Waals surface area contributed by atoms with Gasteiger partial charge in [-0.25, -0.2) is 13.2 Å². The minimum absolute atomic E-state index is 0.0767. The van der Waals surface area contributed by atoms with Crippen LogP contribution in [0.25, 0.3) is 6.08 Å². The summed E-state index contributed by atoms with van der Waals surface area (Å²) in [6, 6.07) is 14.4. The third kappa shape index (κ3) is 4.06. The number of sulfone groups is 1. The molecule has 0 radical (unpaired) electrons. The smallest absolute Gasteiger partial charge is 0.328 e. The molecule has 0 spiro atoms. The number of benzene rings is 2. The summed E-state index contributed by atoms with van der Waals surface area (Å²) in [6.45, 7) is -0.521. The summed E-state index contributed by atoms with van der Waals surface area (Å²) in [5, 5.41) is 17.1. The number of aliphatic carboxylic acids is 1. The van der Waals surface area contributed by atoms with E-state index < -0.39 is 27.7 Å². The Bertz CT molecular complexity index is 793. The monoisotopic (exact) mass is 332 g/mol. The van der Waals surface area contributed by atoms with Gasteiger partial charge in [0.2, 0.25) is 0 Å². The Morgan fingerprint density at radius 1 is 1.04 bits per heavy atom. The molecule has 2 N–H and O–H groups in total. The molecular weight excluding hydrogens is 316 g/mol. The molecule has 0 aliphatic heterocycles. The number of carboxylic acid groups (broad SMARTS) is 1. The summed E-state index contributed by atoms with van der Waals surface area (Å²) in [5.74, 6) is -1.08. The number of aliphatic hydroxyl groups excluding tert-OH is 1. The van der Waals surface area contributed by atoms with Crippen LogP contribution < -0.4 is 0 Å². The first kappa shape index (κ1) is 16.9. The van der Waals surface area contributed by atoms with Gasteiger partial charge in [0.1, 0.15) is 5.25 Å². The van der Waals surface area contributed by atoms with E-state index in [0.717, 1.165) is 6.08 Å². The molecule has 2 aromatic rings. The third-order valence-corrected chi connectivity index (χ3v) is 5.44. The number of hydrogen-bond donors (Lipinski definition) is 2. The van der Waals surface area contributed by atoms with Crippen LogP contribution in [0, 0.1) is 0 Å². The highest BCUT2D eigenvalue weighted by atomic mass is 32.2. The number of hydrogen-bond acceptors (Lipinski definition) is 4. The minimum Gasteiger partial charge on any atom is -0.478 e. The second-order valence-corrected chi connectivity index (χ2v) is 7.00. The maximum Gasteiger partial charge on any atom is 0.328 e. The van der Waals surface area contributed by atoms with E-state index in [1.54, 1.807) is 30.3 Å². The van der Waals surface area contributed by atoms with Crippen LogP contribution in [0.4, 0.5) is 0 Å². The average molecular weight is 332 g/mol. The first-order valence-electron chi connectivity index (χ1n) is 6.86. The molecule has 120 valence electrons. The summed E-state index contributed by atoms with van der Waals surface area (Å²) < 4.78 is 25.3. The topological polar surface area (TPSA) is 91.7 Å². The second kappa shape index (κ2) is 7.21. The van der Waals surface area contributed by atoms with E-state index in [0.29, 0.717) is 11.1 Å². The van der Waals surface area contributed by atoms with Crippen molar-refractivity contribution in [3.63, 3.8) is 0 Å². The minimum atomic E-state index is -3.74. The van der Waals surface area contributed by atoms with Crippen molar-refractivity contribution in [1.29, 1.82) is 0 Å². The lowest BCUT2D eigenvalue weighted by Crippen LogP contribution is -2.17. The van der Waals surface area contributed by atoms with Gasteiger partial charge in [0.05, 0.1) is 11.5 Å². The Morgan fingerprint density at radius 2 is 1.65 bits per heavy atom. The Morgan fingerprint density at radius 3 is 2.17 bits per heavy atom. The number of carboxylic acids is 1. The van der Waals surface area contributed by atoms with Gasteiger partial charge in [-0.05, 0) is 29.3 Å². The molecule has 2 aromatic carbocycles. The van der Waals surface area contributed by atoms with Crippen LogP contribution in [0.3, 0.4) is 0 Å². The predicted octanol–water partition coefficient (Wildman–Crippen LogP) is 2.29. The Balaban J connectivity index is 2.33. The highest BCUT2D eigenvalue weighted by Crippen LogP contribution is 2.28. The third-order valence-electron chi connectivity index (χ3n) is 3.34. The van der Waals surface area contributed by atoms with Crippen LogP contribution in [0.1, 0.15) is 16.4 Å². The quantitative estimate of drug-likeness (QED) is 0.792. The highest BCUT2D eigenvalue weighted by Gasteiger charge is 2.28. The Labute approximate surface area is 134 Å². The number of aliphatic hydroxyl groups is 1. The molecule has 23 heavy (non-hydrogen) atoms. The van der Waals surface area contributed by atoms with E-state index in [-0.39, 0.29) is 4.90 Å². The van der Waals surface area contributed by atoms with Gasteiger partial charge in [0, 0.05) is 6.08 Å². The zero-order chi connectivity index (χ0) is 16.9. The van der Waals surface area contributed by atoms with Crippen LogP contribution in [-0.4, -0.2) is 31.2 Å². The summed E-state index contributed by atoms with van der Waals surface area (Å²) in [4.78, 5) is 10.6. The van der Waals surface area contributed by atoms with Gasteiger partial charge in [-0.2, -0.15) is 0 Å². The fourth-order valence-electron chi connectivity index (χ4n) is 2.15.